The zero-order chi connectivity index (χ0) is 17.0. The molecular formula is C19H28N2O2. The first kappa shape index (κ1) is 17.5. The summed E-state index contributed by atoms with van der Waals surface area (Å²) in [4.78, 5) is 28.7. The molecule has 0 atom stereocenters. The van der Waals surface area contributed by atoms with E-state index in [2.05, 4.69) is 13.8 Å². The van der Waals surface area contributed by atoms with Gasteiger partial charge in [-0.15, -0.1) is 0 Å². The van der Waals surface area contributed by atoms with Gasteiger partial charge in [0.2, 0.25) is 5.91 Å². The third-order valence-corrected chi connectivity index (χ3v) is 4.47. The summed E-state index contributed by atoms with van der Waals surface area (Å²) in [5.41, 5.74) is 3.08. The SMILES string of the molecule is Cc1ccc(C(=O)N2CCCN(C(=O)CC(C)C)CC2)cc1C. The maximum atomic E-state index is 12.7. The number of nitrogens with zero attached hydrogens (tertiary/aromatic N) is 2. The first-order valence-electron chi connectivity index (χ1n) is 8.52. The monoisotopic (exact) mass is 316 g/mol. The molecule has 1 aromatic rings. The minimum atomic E-state index is 0.0752. The molecule has 0 aliphatic carbocycles. The maximum absolute atomic E-state index is 12.7. The van der Waals surface area contributed by atoms with Gasteiger partial charge < -0.3 is 9.80 Å². The van der Waals surface area contributed by atoms with Crippen molar-refractivity contribution in [2.24, 2.45) is 5.92 Å². The lowest BCUT2D eigenvalue weighted by Crippen LogP contribution is -2.37. The van der Waals surface area contributed by atoms with Crippen LogP contribution in [-0.4, -0.2) is 47.8 Å². The number of hydrogen-bond donors (Lipinski definition) is 0. The summed E-state index contributed by atoms with van der Waals surface area (Å²) in [6.45, 7) is 10.9. The molecule has 0 unspecified atom stereocenters. The molecule has 0 saturated carbocycles. The molecule has 1 aliphatic heterocycles. The maximum Gasteiger partial charge on any atom is 0.253 e. The molecule has 1 heterocycles. The summed E-state index contributed by atoms with van der Waals surface area (Å²) < 4.78 is 0. The molecule has 0 N–H and O–H groups in total. The van der Waals surface area contributed by atoms with Crippen LogP contribution in [0, 0.1) is 19.8 Å². The van der Waals surface area contributed by atoms with Gasteiger partial charge in [0.05, 0.1) is 0 Å². The van der Waals surface area contributed by atoms with Gasteiger partial charge in [-0.3, -0.25) is 9.59 Å². The minimum Gasteiger partial charge on any atom is -0.341 e. The molecule has 2 rings (SSSR count). The van der Waals surface area contributed by atoms with E-state index in [9.17, 15) is 9.59 Å². The number of rotatable bonds is 3. The number of amides is 2. The van der Waals surface area contributed by atoms with Crippen LogP contribution >= 0.6 is 0 Å². The number of carbonyl (C=O) groups excluding carboxylic acids is 2. The molecule has 0 radical (unpaired) electrons. The first-order chi connectivity index (χ1) is 10.9. The van der Waals surface area contributed by atoms with Crippen molar-refractivity contribution in [3.8, 4) is 0 Å². The van der Waals surface area contributed by atoms with Crippen molar-refractivity contribution < 1.29 is 9.59 Å². The highest BCUT2D eigenvalue weighted by molar-refractivity contribution is 5.94. The van der Waals surface area contributed by atoms with E-state index in [0.29, 0.717) is 25.4 Å². The smallest absolute Gasteiger partial charge is 0.253 e. The molecule has 1 aromatic carbocycles. The fraction of sp³-hybridized carbons (Fsp3) is 0.579. The average molecular weight is 316 g/mol. The Morgan fingerprint density at radius 2 is 1.65 bits per heavy atom. The van der Waals surface area contributed by atoms with E-state index >= 15 is 0 Å². The number of benzene rings is 1. The van der Waals surface area contributed by atoms with Crippen molar-refractivity contribution in [3.63, 3.8) is 0 Å². The standard InChI is InChI=1S/C19H28N2O2/c1-14(2)12-18(22)20-8-5-9-21(11-10-20)19(23)17-7-6-15(3)16(4)13-17/h6-7,13-14H,5,8-12H2,1-4H3. The predicted octanol–water partition coefficient (Wildman–Crippen LogP) is 3.02. The molecule has 1 aliphatic rings. The Morgan fingerprint density at radius 3 is 2.30 bits per heavy atom. The summed E-state index contributed by atoms with van der Waals surface area (Å²) in [6.07, 6.45) is 1.44. The molecule has 0 aromatic heterocycles. The zero-order valence-corrected chi connectivity index (χ0v) is 14.8. The highest BCUT2D eigenvalue weighted by atomic mass is 16.2. The molecule has 0 bridgehead atoms. The van der Waals surface area contributed by atoms with Gasteiger partial charge in [-0.1, -0.05) is 19.9 Å². The summed E-state index contributed by atoms with van der Waals surface area (Å²) in [6, 6.07) is 5.86. The van der Waals surface area contributed by atoms with E-state index in [1.54, 1.807) is 0 Å². The highest BCUT2D eigenvalue weighted by Crippen LogP contribution is 2.14. The topological polar surface area (TPSA) is 40.6 Å². The fourth-order valence-electron chi connectivity index (χ4n) is 2.91. The molecule has 126 valence electrons. The lowest BCUT2D eigenvalue weighted by molar-refractivity contribution is -0.131. The van der Waals surface area contributed by atoms with Gasteiger partial charge in [0.1, 0.15) is 0 Å². The Balaban J connectivity index is 2.00. The van der Waals surface area contributed by atoms with E-state index in [1.165, 1.54) is 5.56 Å². The van der Waals surface area contributed by atoms with Crippen LogP contribution in [0.3, 0.4) is 0 Å². The first-order valence-corrected chi connectivity index (χ1v) is 8.52. The quantitative estimate of drug-likeness (QED) is 0.860. The van der Waals surface area contributed by atoms with Gasteiger partial charge in [0.25, 0.3) is 5.91 Å². The number of aryl methyl sites for hydroxylation is 2. The van der Waals surface area contributed by atoms with Gasteiger partial charge in [-0.25, -0.2) is 0 Å². The van der Waals surface area contributed by atoms with E-state index in [-0.39, 0.29) is 11.8 Å². The largest absolute Gasteiger partial charge is 0.341 e. The summed E-state index contributed by atoms with van der Waals surface area (Å²) in [5.74, 6) is 0.658. The molecule has 1 saturated heterocycles. The van der Waals surface area contributed by atoms with Crippen LogP contribution < -0.4 is 0 Å². The van der Waals surface area contributed by atoms with E-state index in [1.807, 2.05) is 41.8 Å². The Morgan fingerprint density at radius 1 is 1.00 bits per heavy atom. The average Bonchev–Trinajstić information content (AvgIpc) is 2.74. The van der Waals surface area contributed by atoms with Gasteiger partial charge in [0, 0.05) is 38.2 Å². The van der Waals surface area contributed by atoms with E-state index in [4.69, 9.17) is 0 Å². The second kappa shape index (κ2) is 7.62. The second-order valence-electron chi connectivity index (χ2n) is 6.92. The minimum absolute atomic E-state index is 0.0752. The van der Waals surface area contributed by atoms with Gasteiger partial charge in [-0.2, -0.15) is 0 Å². The fourth-order valence-corrected chi connectivity index (χ4v) is 2.91. The lowest BCUT2D eigenvalue weighted by atomic mass is 10.1. The molecule has 23 heavy (non-hydrogen) atoms. The van der Waals surface area contributed by atoms with Gasteiger partial charge in [-0.05, 0) is 49.4 Å². The molecule has 1 fully saturated rings. The van der Waals surface area contributed by atoms with E-state index in [0.717, 1.165) is 30.6 Å². The summed E-state index contributed by atoms with van der Waals surface area (Å²) in [5, 5.41) is 0. The predicted molar refractivity (Wildman–Crippen MR) is 92.5 cm³/mol. The Labute approximate surface area is 139 Å². The highest BCUT2D eigenvalue weighted by Gasteiger charge is 2.23. The summed E-state index contributed by atoms with van der Waals surface area (Å²) in [7, 11) is 0. The van der Waals surface area contributed by atoms with Crippen molar-refractivity contribution in [1.82, 2.24) is 9.80 Å². The van der Waals surface area contributed by atoms with Crippen molar-refractivity contribution in [2.75, 3.05) is 26.2 Å². The Bertz CT molecular complexity index is 581. The third kappa shape index (κ3) is 4.57. The van der Waals surface area contributed by atoms with Crippen molar-refractivity contribution in [2.45, 2.75) is 40.5 Å². The molecule has 4 heteroatoms. The lowest BCUT2D eigenvalue weighted by Gasteiger charge is -2.23. The zero-order valence-electron chi connectivity index (χ0n) is 14.8. The molecule has 2 amide bonds. The van der Waals surface area contributed by atoms with Crippen LogP contribution in [0.15, 0.2) is 18.2 Å². The van der Waals surface area contributed by atoms with Crippen LogP contribution in [-0.2, 0) is 4.79 Å². The van der Waals surface area contributed by atoms with Crippen LogP contribution in [0.4, 0.5) is 0 Å². The Hall–Kier alpha value is -1.84. The van der Waals surface area contributed by atoms with Crippen molar-refractivity contribution in [3.05, 3.63) is 34.9 Å². The van der Waals surface area contributed by atoms with Gasteiger partial charge >= 0.3 is 0 Å². The summed E-state index contributed by atoms with van der Waals surface area (Å²) >= 11 is 0. The van der Waals surface area contributed by atoms with Crippen molar-refractivity contribution >= 4 is 11.8 Å². The van der Waals surface area contributed by atoms with Crippen molar-refractivity contribution in [1.29, 1.82) is 0 Å². The van der Waals surface area contributed by atoms with Crippen LogP contribution in [0.25, 0.3) is 0 Å². The van der Waals surface area contributed by atoms with Crippen LogP contribution in [0.2, 0.25) is 0 Å². The number of carbonyl (C=O) groups is 2. The molecular weight excluding hydrogens is 288 g/mol. The normalized spacial score (nSPS) is 15.7. The second-order valence-corrected chi connectivity index (χ2v) is 6.92. The third-order valence-electron chi connectivity index (χ3n) is 4.47. The molecule has 4 nitrogen and oxygen atoms in total. The van der Waals surface area contributed by atoms with E-state index < -0.39 is 0 Å². The molecule has 0 spiro atoms. The Kier molecular flexibility index (Phi) is 5.80. The van der Waals surface area contributed by atoms with Gasteiger partial charge in [0.15, 0.2) is 0 Å². The van der Waals surface area contributed by atoms with Crippen LogP contribution in [0.1, 0.15) is 48.2 Å². The number of hydrogen-bond acceptors (Lipinski definition) is 2. The van der Waals surface area contributed by atoms with Crippen LogP contribution in [0.5, 0.6) is 0 Å².